The molecule has 28 heavy (non-hydrogen) atoms. The molecular formula is C22H25BrN2O3. The number of carbonyl (C=O) groups is 1. The zero-order valence-corrected chi connectivity index (χ0v) is 18.0. The van der Waals surface area contributed by atoms with E-state index < -0.39 is 0 Å². The van der Waals surface area contributed by atoms with E-state index in [-0.39, 0.29) is 11.4 Å². The van der Waals surface area contributed by atoms with E-state index in [1.165, 1.54) is 0 Å². The van der Waals surface area contributed by atoms with E-state index in [0.717, 1.165) is 27.2 Å². The molecule has 0 saturated carbocycles. The van der Waals surface area contributed by atoms with Crippen molar-refractivity contribution in [1.29, 1.82) is 0 Å². The molecule has 148 valence electrons. The summed E-state index contributed by atoms with van der Waals surface area (Å²) in [4.78, 5) is 12.8. The molecule has 0 fully saturated rings. The van der Waals surface area contributed by atoms with Gasteiger partial charge in [0.2, 0.25) is 5.91 Å². The highest BCUT2D eigenvalue weighted by atomic mass is 79.9. The van der Waals surface area contributed by atoms with Gasteiger partial charge in [0.25, 0.3) is 0 Å². The fraction of sp³-hybridized carbons (Fsp3) is 0.364. The fourth-order valence-electron chi connectivity index (χ4n) is 3.21. The molecule has 0 aliphatic carbocycles. The van der Waals surface area contributed by atoms with Gasteiger partial charge in [0, 0.05) is 18.4 Å². The molecule has 0 atom stereocenters. The van der Waals surface area contributed by atoms with Crippen molar-refractivity contribution in [2.75, 3.05) is 13.7 Å². The van der Waals surface area contributed by atoms with E-state index in [2.05, 4.69) is 21.0 Å². The highest BCUT2D eigenvalue weighted by molar-refractivity contribution is 9.10. The second-order valence-corrected chi connectivity index (χ2v) is 8.21. The first kappa shape index (κ1) is 20.4. The second-order valence-electron chi connectivity index (χ2n) is 7.36. The van der Waals surface area contributed by atoms with Gasteiger partial charge in [-0.3, -0.25) is 4.79 Å². The molecule has 0 N–H and O–H groups in total. The Balaban J connectivity index is 1.60. The summed E-state index contributed by atoms with van der Waals surface area (Å²) in [6.45, 7) is 4.56. The van der Waals surface area contributed by atoms with E-state index in [1.54, 1.807) is 12.1 Å². The van der Waals surface area contributed by atoms with Gasteiger partial charge in [0.15, 0.2) is 0 Å². The number of rotatable bonds is 7. The molecular weight excluding hydrogens is 420 g/mol. The number of halogens is 1. The van der Waals surface area contributed by atoms with Crippen molar-refractivity contribution in [2.24, 2.45) is 5.10 Å². The molecule has 2 aromatic rings. The first-order valence-corrected chi connectivity index (χ1v) is 10.1. The molecule has 1 aliphatic rings. The topological polar surface area (TPSA) is 51.1 Å². The highest BCUT2D eigenvalue weighted by Crippen LogP contribution is 2.31. The summed E-state index contributed by atoms with van der Waals surface area (Å²) in [7, 11) is 1.64. The van der Waals surface area contributed by atoms with Gasteiger partial charge < -0.3 is 9.47 Å². The number of hydrogen-bond donors (Lipinski definition) is 0. The van der Waals surface area contributed by atoms with Crippen LogP contribution in [0.1, 0.15) is 38.7 Å². The maximum atomic E-state index is 12.8. The lowest BCUT2D eigenvalue weighted by Gasteiger charge is -2.28. The first-order valence-electron chi connectivity index (χ1n) is 9.33. The van der Waals surface area contributed by atoms with Crippen LogP contribution in [0.15, 0.2) is 58.1 Å². The molecule has 0 aromatic heterocycles. The number of amides is 1. The number of ether oxygens (including phenoxy) is 2. The van der Waals surface area contributed by atoms with E-state index >= 15 is 0 Å². The molecule has 0 saturated heterocycles. The highest BCUT2D eigenvalue weighted by Gasteiger charge is 2.38. The average Bonchev–Trinajstić information content (AvgIpc) is 3.02. The summed E-state index contributed by atoms with van der Waals surface area (Å²) in [5.74, 6) is 1.58. The van der Waals surface area contributed by atoms with Gasteiger partial charge in [0.05, 0.1) is 29.4 Å². The molecule has 0 radical (unpaired) electrons. The van der Waals surface area contributed by atoms with Crippen LogP contribution < -0.4 is 9.47 Å². The Morgan fingerprint density at radius 2 is 2.00 bits per heavy atom. The van der Waals surface area contributed by atoms with Crippen LogP contribution in [0, 0.1) is 0 Å². The fourth-order valence-corrected chi connectivity index (χ4v) is 3.60. The lowest BCUT2D eigenvalue weighted by atomic mass is 9.94. The Morgan fingerprint density at radius 1 is 1.21 bits per heavy atom. The number of hydrazone groups is 1. The van der Waals surface area contributed by atoms with Crippen LogP contribution >= 0.6 is 15.9 Å². The first-order chi connectivity index (χ1) is 13.4. The van der Waals surface area contributed by atoms with Crippen LogP contribution in [0.5, 0.6) is 11.5 Å². The summed E-state index contributed by atoms with van der Waals surface area (Å²) in [5.41, 5.74) is 1.54. The molecule has 1 aliphatic heterocycles. The third-order valence-corrected chi connectivity index (χ3v) is 5.32. The molecule has 2 aromatic carbocycles. The zero-order valence-electron chi connectivity index (χ0n) is 16.4. The predicted octanol–water partition coefficient (Wildman–Crippen LogP) is 5.03. The lowest BCUT2D eigenvalue weighted by Crippen LogP contribution is -2.40. The summed E-state index contributed by atoms with van der Waals surface area (Å²) in [6.07, 6.45) is 1.74. The van der Waals surface area contributed by atoms with Crippen molar-refractivity contribution in [3.05, 3.63) is 58.6 Å². The number of benzene rings is 2. The van der Waals surface area contributed by atoms with Gasteiger partial charge in [-0.05, 0) is 60.5 Å². The van der Waals surface area contributed by atoms with Crippen molar-refractivity contribution >= 4 is 27.5 Å². The minimum absolute atomic E-state index is 0.0126. The molecule has 6 heteroatoms. The third kappa shape index (κ3) is 4.73. The quantitative estimate of drug-likeness (QED) is 0.562. The number of para-hydroxylation sites is 1. The van der Waals surface area contributed by atoms with Crippen molar-refractivity contribution in [1.82, 2.24) is 5.01 Å². The van der Waals surface area contributed by atoms with Gasteiger partial charge in [-0.25, -0.2) is 5.01 Å². The molecule has 5 nitrogen and oxygen atoms in total. The van der Waals surface area contributed by atoms with Gasteiger partial charge in [0.1, 0.15) is 11.5 Å². The number of carbonyl (C=O) groups excluding carboxylic acids is 1. The number of methoxy groups -OCH3 is 1. The van der Waals surface area contributed by atoms with Crippen LogP contribution in [0.4, 0.5) is 0 Å². The van der Waals surface area contributed by atoms with Crippen molar-refractivity contribution in [3.63, 3.8) is 0 Å². The second kappa shape index (κ2) is 8.78. The van der Waals surface area contributed by atoms with Crippen LogP contribution in [-0.2, 0) is 4.79 Å². The molecule has 3 rings (SSSR count). The molecule has 1 amide bonds. The maximum absolute atomic E-state index is 12.8. The van der Waals surface area contributed by atoms with E-state index in [1.807, 2.05) is 62.4 Å². The smallest absolute Gasteiger partial charge is 0.243 e. The van der Waals surface area contributed by atoms with E-state index in [4.69, 9.17) is 9.47 Å². The Kier molecular flexibility index (Phi) is 6.39. The molecule has 0 unspecified atom stereocenters. The Hall–Kier alpha value is -2.34. The molecule has 0 spiro atoms. The van der Waals surface area contributed by atoms with Crippen LogP contribution in [0.2, 0.25) is 0 Å². The summed E-state index contributed by atoms with van der Waals surface area (Å²) < 4.78 is 12.0. The lowest BCUT2D eigenvalue weighted by molar-refractivity contribution is -0.135. The SMILES string of the molecule is COc1cccc(C2=NN(C(=O)CCCOc3ccccc3Br)C(C)(C)C2)c1. The van der Waals surface area contributed by atoms with E-state index in [0.29, 0.717) is 25.9 Å². The Labute approximate surface area is 174 Å². The van der Waals surface area contributed by atoms with Crippen molar-refractivity contribution in [2.45, 2.75) is 38.6 Å². The summed E-state index contributed by atoms with van der Waals surface area (Å²) in [6, 6.07) is 15.5. The van der Waals surface area contributed by atoms with Crippen LogP contribution in [-0.4, -0.2) is 35.9 Å². The van der Waals surface area contributed by atoms with E-state index in [9.17, 15) is 4.79 Å². The summed E-state index contributed by atoms with van der Waals surface area (Å²) >= 11 is 3.46. The normalized spacial score (nSPS) is 15.3. The Bertz CT molecular complexity index is 880. The maximum Gasteiger partial charge on any atom is 0.243 e. The largest absolute Gasteiger partial charge is 0.497 e. The third-order valence-electron chi connectivity index (χ3n) is 4.66. The van der Waals surface area contributed by atoms with Crippen LogP contribution in [0.3, 0.4) is 0 Å². The molecule has 1 heterocycles. The van der Waals surface area contributed by atoms with Gasteiger partial charge in [-0.2, -0.15) is 5.10 Å². The number of hydrogen-bond acceptors (Lipinski definition) is 4. The predicted molar refractivity (Wildman–Crippen MR) is 114 cm³/mol. The van der Waals surface area contributed by atoms with Crippen molar-refractivity contribution in [3.8, 4) is 11.5 Å². The average molecular weight is 445 g/mol. The van der Waals surface area contributed by atoms with Gasteiger partial charge in [-0.15, -0.1) is 0 Å². The Morgan fingerprint density at radius 3 is 2.75 bits per heavy atom. The summed E-state index contributed by atoms with van der Waals surface area (Å²) in [5, 5.41) is 6.26. The zero-order chi connectivity index (χ0) is 20.1. The minimum Gasteiger partial charge on any atom is -0.497 e. The van der Waals surface area contributed by atoms with Gasteiger partial charge >= 0.3 is 0 Å². The van der Waals surface area contributed by atoms with Crippen molar-refractivity contribution < 1.29 is 14.3 Å². The van der Waals surface area contributed by atoms with Gasteiger partial charge in [-0.1, -0.05) is 24.3 Å². The monoisotopic (exact) mass is 444 g/mol. The standard InChI is InChI=1S/C22H25BrN2O3/c1-22(2)15-19(16-8-6-9-17(14-16)27-3)24-25(22)21(26)12-7-13-28-20-11-5-4-10-18(20)23/h4-6,8-11,14H,7,12-13,15H2,1-3H3. The molecule has 0 bridgehead atoms. The minimum atomic E-state index is -0.348. The van der Waals surface area contributed by atoms with Crippen LogP contribution in [0.25, 0.3) is 0 Å². The number of nitrogens with zero attached hydrogens (tertiary/aromatic N) is 2.